The maximum Gasteiger partial charge on any atom is 0.270 e. The molecule has 0 bridgehead atoms. The minimum Gasteiger partial charge on any atom is -0.395 e. The van der Waals surface area contributed by atoms with Gasteiger partial charge in [0.05, 0.1) is 11.5 Å². The Morgan fingerprint density at radius 3 is 2.46 bits per heavy atom. The molecule has 2 saturated heterocycles. The molecular weight excluding hydrogens is 482 g/mol. The highest BCUT2D eigenvalue weighted by atomic mass is 32.2. The van der Waals surface area contributed by atoms with E-state index in [2.05, 4.69) is 15.9 Å². The number of thiocarbonyl (C=S) groups is 1. The highest BCUT2D eigenvalue weighted by Gasteiger charge is 2.38. The number of piperazine rings is 1. The third-order valence-corrected chi connectivity index (χ3v) is 8.62. The average molecular weight is 516 g/mol. The molecule has 1 N–H and O–H groups in total. The van der Waals surface area contributed by atoms with Crippen LogP contribution in [-0.4, -0.2) is 75.1 Å². The molecule has 0 aromatic carbocycles. The van der Waals surface area contributed by atoms with E-state index in [1.165, 1.54) is 18.2 Å². The molecule has 2 aliphatic heterocycles. The van der Waals surface area contributed by atoms with Gasteiger partial charge in [-0.1, -0.05) is 43.2 Å². The molecule has 10 heteroatoms. The zero-order chi connectivity index (χ0) is 25.1. The molecule has 0 atom stereocenters. The van der Waals surface area contributed by atoms with Crippen LogP contribution in [0, 0.1) is 18.3 Å². The van der Waals surface area contributed by atoms with Gasteiger partial charge in [0.1, 0.15) is 21.8 Å². The van der Waals surface area contributed by atoms with Crippen molar-refractivity contribution >= 4 is 46.1 Å². The number of anilines is 1. The van der Waals surface area contributed by atoms with Crippen LogP contribution in [0.3, 0.4) is 0 Å². The summed E-state index contributed by atoms with van der Waals surface area (Å²) in [4.78, 5) is 33.4. The van der Waals surface area contributed by atoms with Gasteiger partial charge in [0.25, 0.3) is 11.5 Å². The third kappa shape index (κ3) is 5.05. The highest BCUT2D eigenvalue weighted by molar-refractivity contribution is 8.26. The van der Waals surface area contributed by atoms with Crippen molar-refractivity contribution in [2.24, 2.45) is 0 Å². The second kappa shape index (κ2) is 11.2. The Morgan fingerprint density at radius 1 is 1.17 bits per heavy atom. The number of aliphatic hydroxyl groups excluding tert-OH is 1. The summed E-state index contributed by atoms with van der Waals surface area (Å²) in [6, 6.07) is 2.25. The number of carbonyl (C=O) groups is 1. The number of nitrogens with zero attached hydrogens (tertiary/aromatic N) is 5. The van der Waals surface area contributed by atoms with E-state index < -0.39 is 0 Å². The largest absolute Gasteiger partial charge is 0.395 e. The predicted octanol–water partition coefficient (Wildman–Crippen LogP) is 2.70. The number of thioether (sulfide) groups is 1. The van der Waals surface area contributed by atoms with E-state index in [0.29, 0.717) is 41.0 Å². The summed E-state index contributed by atoms with van der Waals surface area (Å²) < 4.78 is 2.25. The van der Waals surface area contributed by atoms with Gasteiger partial charge in [-0.2, -0.15) is 5.26 Å². The van der Waals surface area contributed by atoms with Crippen LogP contribution in [0.1, 0.15) is 55.7 Å². The van der Waals surface area contributed by atoms with Gasteiger partial charge in [-0.05, 0) is 38.3 Å². The minimum atomic E-state index is -0.299. The summed E-state index contributed by atoms with van der Waals surface area (Å²) >= 11 is 6.94. The lowest BCUT2D eigenvalue weighted by Crippen LogP contribution is -2.49. The number of hydrogen-bond donors (Lipinski definition) is 1. The van der Waals surface area contributed by atoms with Crippen LogP contribution in [0.15, 0.2) is 9.70 Å². The Kier molecular flexibility index (Phi) is 8.32. The zero-order valence-corrected chi connectivity index (χ0v) is 22.1. The predicted molar refractivity (Wildman–Crippen MR) is 143 cm³/mol. The molecule has 1 saturated carbocycles. The fourth-order valence-electron chi connectivity index (χ4n) is 5.37. The van der Waals surface area contributed by atoms with Crippen molar-refractivity contribution in [1.82, 2.24) is 14.4 Å². The van der Waals surface area contributed by atoms with Crippen LogP contribution in [0.4, 0.5) is 5.82 Å². The van der Waals surface area contributed by atoms with Gasteiger partial charge in [0.15, 0.2) is 0 Å². The lowest BCUT2D eigenvalue weighted by Gasteiger charge is -2.38. The lowest BCUT2D eigenvalue weighted by atomic mass is 9.94. The van der Waals surface area contributed by atoms with Crippen molar-refractivity contribution in [3.63, 3.8) is 0 Å². The Labute approximate surface area is 216 Å². The van der Waals surface area contributed by atoms with Crippen LogP contribution in [-0.2, 0) is 11.3 Å². The molecule has 3 heterocycles. The number of aromatic nitrogens is 1. The van der Waals surface area contributed by atoms with Crippen LogP contribution in [0.25, 0.3) is 6.08 Å². The Hall–Kier alpha value is -2.19. The second-order valence-electron chi connectivity index (χ2n) is 9.29. The van der Waals surface area contributed by atoms with Gasteiger partial charge in [-0.15, -0.1) is 0 Å². The quantitative estimate of drug-likeness (QED) is 0.457. The molecule has 3 fully saturated rings. The highest BCUT2D eigenvalue weighted by Crippen LogP contribution is 2.39. The molecule has 1 aromatic heterocycles. The van der Waals surface area contributed by atoms with Gasteiger partial charge in [0.2, 0.25) is 0 Å². The van der Waals surface area contributed by atoms with Crippen LogP contribution in [0.2, 0.25) is 0 Å². The third-order valence-electron chi connectivity index (χ3n) is 7.29. The van der Waals surface area contributed by atoms with E-state index in [1.807, 2.05) is 13.0 Å². The van der Waals surface area contributed by atoms with Crippen molar-refractivity contribution < 1.29 is 9.90 Å². The van der Waals surface area contributed by atoms with Gasteiger partial charge >= 0.3 is 0 Å². The fraction of sp³-hybridized carbons (Fsp3) is 0.600. The molecule has 188 valence electrons. The summed E-state index contributed by atoms with van der Waals surface area (Å²) in [5, 5.41) is 19.1. The first-order valence-corrected chi connectivity index (χ1v) is 13.7. The van der Waals surface area contributed by atoms with E-state index in [0.717, 1.165) is 50.2 Å². The lowest BCUT2D eigenvalue weighted by molar-refractivity contribution is -0.124. The molecular formula is C25H33N5O3S2. The Bertz CT molecular complexity index is 1130. The molecule has 3 aliphatic rings. The van der Waals surface area contributed by atoms with Crippen LogP contribution < -0.4 is 10.5 Å². The van der Waals surface area contributed by atoms with E-state index in [4.69, 9.17) is 12.2 Å². The van der Waals surface area contributed by atoms with Crippen LogP contribution in [0.5, 0.6) is 0 Å². The van der Waals surface area contributed by atoms with Gasteiger partial charge in [0, 0.05) is 50.9 Å². The number of pyridine rings is 1. The molecule has 35 heavy (non-hydrogen) atoms. The molecule has 0 unspecified atom stereocenters. The molecule has 8 nitrogen and oxygen atoms in total. The summed E-state index contributed by atoms with van der Waals surface area (Å²) in [5.41, 5.74) is 1.15. The number of rotatable bonds is 6. The number of aliphatic hydroxyl groups is 1. The first-order chi connectivity index (χ1) is 16.9. The van der Waals surface area contributed by atoms with Crippen molar-refractivity contribution in [3.8, 4) is 6.07 Å². The number of carbonyl (C=O) groups excluding carboxylic acids is 1. The van der Waals surface area contributed by atoms with Crippen molar-refractivity contribution in [2.75, 3.05) is 44.2 Å². The average Bonchev–Trinajstić information content (AvgIpc) is 3.14. The second-order valence-corrected chi connectivity index (χ2v) is 11.0. The molecule has 1 amide bonds. The summed E-state index contributed by atoms with van der Waals surface area (Å²) in [6.07, 6.45) is 7.21. The summed E-state index contributed by atoms with van der Waals surface area (Å²) in [6.45, 7) is 7.75. The monoisotopic (exact) mass is 515 g/mol. The maximum atomic E-state index is 13.5. The van der Waals surface area contributed by atoms with Crippen molar-refractivity contribution in [1.29, 1.82) is 5.26 Å². The molecule has 0 radical (unpaired) electrons. The van der Waals surface area contributed by atoms with E-state index >= 15 is 0 Å². The van der Waals surface area contributed by atoms with Crippen LogP contribution >= 0.6 is 24.0 Å². The number of hydrogen-bond acceptors (Lipinski definition) is 8. The minimum absolute atomic E-state index is 0.0715. The van der Waals surface area contributed by atoms with Crippen molar-refractivity contribution in [2.45, 2.75) is 58.5 Å². The van der Waals surface area contributed by atoms with Crippen molar-refractivity contribution in [3.05, 3.63) is 31.9 Å². The standard InChI is InChI=1S/C25H33N5O3S2/c1-3-29-22(28-11-9-27(10-12-28)13-14-31)19(17(2)20(16-26)23(29)32)15-21-24(33)30(25(34)35-21)18-7-5-4-6-8-18/h15,18,31H,3-14H2,1-2H3. The van der Waals surface area contributed by atoms with E-state index in [1.54, 1.807) is 16.4 Å². The smallest absolute Gasteiger partial charge is 0.270 e. The van der Waals surface area contributed by atoms with Gasteiger partial charge < -0.3 is 10.0 Å². The van der Waals surface area contributed by atoms with Gasteiger partial charge in [-0.25, -0.2) is 0 Å². The molecule has 4 rings (SSSR count). The maximum absolute atomic E-state index is 13.5. The summed E-state index contributed by atoms with van der Waals surface area (Å²) in [7, 11) is 0. The molecule has 1 aliphatic carbocycles. The number of β-amino-alcohol motifs (C(OH)–C–C–N with tert-alkyl or cyclic N) is 1. The number of amides is 1. The van der Waals surface area contributed by atoms with Gasteiger partial charge in [-0.3, -0.25) is 24.0 Å². The first kappa shape index (κ1) is 25.9. The summed E-state index contributed by atoms with van der Waals surface area (Å²) in [5.74, 6) is 0.679. The Balaban J connectivity index is 1.77. The Morgan fingerprint density at radius 2 is 1.86 bits per heavy atom. The zero-order valence-electron chi connectivity index (χ0n) is 20.5. The van der Waals surface area contributed by atoms with E-state index in [9.17, 15) is 20.0 Å². The SMILES string of the molecule is CCn1c(N2CCN(CCO)CC2)c(C=C2SC(=S)N(C3CCCCC3)C2=O)c(C)c(C#N)c1=O. The molecule has 1 aromatic rings. The van der Waals surface area contributed by atoms with E-state index in [-0.39, 0.29) is 29.7 Å². The first-order valence-electron chi connectivity index (χ1n) is 12.4. The fourth-order valence-corrected chi connectivity index (χ4v) is 6.75. The number of nitriles is 1. The topological polar surface area (TPSA) is 92.8 Å². The molecule has 0 spiro atoms. The normalized spacial score (nSPS) is 21.3.